The van der Waals surface area contributed by atoms with E-state index in [0.717, 1.165) is 35.5 Å². The molecule has 1 amide bonds. The van der Waals surface area contributed by atoms with Crippen LogP contribution >= 0.6 is 0 Å². The summed E-state index contributed by atoms with van der Waals surface area (Å²) in [7, 11) is 0. The number of hydrogen-bond donors (Lipinski definition) is 0. The van der Waals surface area contributed by atoms with Crippen molar-refractivity contribution in [1.29, 1.82) is 0 Å². The Bertz CT molecular complexity index is 751. The topological polar surface area (TPSA) is 29.5 Å². The molecule has 0 spiro atoms. The van der Waals surface area contributed by atoms with Crippen LogP contribution in [0, 0.1) is 6.92 Å². The molecule has 24 heavy (non-hydrogen) atoms. The number of rotatable bonds is 4. The number of aryl methyl sites for hydroxylation is 1. The maximum atomic E-state index is 12.9. The van der Waals surface area contributed by atoms with Gasteiger partial charge in [0.15, 0.2) is 6.10 Å². The molecule has 0 fully saturated rings. The van der Waals surface area contributed by atoms with E-state index in [9.17, 15) is 4.79 Å². The van der Waals surface area contributed by atoms with Gasteiger partial charge < -0.3 is 9.64 Å². The molecule has 126 valence electrons. The number of carbonyl (C=O) groups excluding carboxylic acids is 1. The molecule has 1 aliphatic rings. The zero-order chi connectivity index (χ0) is 17.3. The Labute approximate surface area is 144 Å². The lowest BCUT2D eigenvalue weighted by molar-refractivity contribution is -0.124. The number of hydrogen-bond acceptors (Lipinski definition) is 2. The van der Waals surface area contributed by atoms with Crippen molar-refractivity contribution in [3.8, 4) is 5.75 Å². The van der Waals surface area contributed by atoms with Crippen LogP contribution in [0.5, 0.6) is 5.75 Å². The third-order valence-electron chi connectivity index (χ3n) is 4.60. The lowest BCUT2D eigenvalue weighted by Gasteiger charge is -2.24. The molecule has 1 heterocycles. The van der Waals surface area contributed by atoms with Gasteiger partial charge in [-0.05, 0) is 55.0 Å². The molecule has 1 aliphatic heterocycles. The second-order valence-corrected chi connectivity index (χ2v) is 6.82. The quantitative estimate of drug-likeness (QED) is 0.830. The smallest absolute Gasteiger partial charge is 0.267 e. The first-order chi connectivity index (χ1) is 11.5. The van der Waals surface area contributed by atoms with Crippen molar-refractivity contribution in [3.63, 3.8) is 0 Å². The summed E-state index contributed by atoms with van der Waals surface area (Å²) in [6, 6.07) is 14.3. The summed E-state index contributed by atoms with van der Waals surface area (Å²) in [4.78, 5) is 14.7. The Balaban J connectivity index is 1.80. The van der Waals surface area contributed by atoms with Crippen molar-refractivity contribution in [2.24, 2.45) is 0 Å². The summed E-state index contributed by atoms with van der Waals surface area (Å²) in [5, 5.41) is 0. The van der Waals surface area contributed by atoms with E-state index < -0.39 is 6.10 Å². The molecule has 0 saturated carbocycles. The van der Waals surface area contributed by atoms with Gasteiger partial charge in [-0.15, -0.1) is 0 Å². The summed E-state index contributed by atoms with van der Waals surface area (Å²) in [6.07, 6.45) is 0.409. The molecule has 0 N–H and O–H groups in total. The molecule has 0 saturated heterocycles. The van der Waals surface area contributed by atoms with Crippen LogP contribution in [0.3, 0.4) is 0 Å². The zero-order valence-electron chi connectivity index (χ0n) is 14.9. The van der Waals surface area contributed by atoms with Gasteiger partial charge in [0.25, 0.3) is 5.91 Å². The molecule has 0 aromatic heterocycles. The first-order valence-corrected chi connectivity index (χ1v) is 8.64. The second-order valence-electron chi connectivity index (χ2n) is 6.82. The number of anilines is 1. The van der Waals surface area contributed by atoms with Gasteiger partial charge >= 0.3 is 0 Å². The van der Waals surface area contributed by atoms with Gasteiger partial charge in [-0.3, -0.25) is 4.79 Å². The molecular formula is C21H25NO2. The largest absolute Gasteiger partial charge is 0.481 e. The van der Waals surface area contributed by atoms with E-state index in [4.69, 9.17) is 4.74 Å². The standard InChI is InChI=1S/C21H25NO2/c1-14(2)18-10-9-15(3)13-20(18)24-16(4)21(23)22-12-11-17-7-5-6-8-19(17)22/h5-10,13-14,16H,11-12H2,1-4H3/t16-/m0/s1. The molecular weight excluding hydrogens is 298 g/mol. The average molecular weight is 323 g/mol. The molecule has 3 rings (SSSR count). The number of benzene rings is 2. The minimum Gasteiger partial charge on any atom is -0.481 e. The van der Waals surface area contributed by atoms with E-state index in [0.29, 0.717) is 5.92 Å². The van der Waals surface area contributed by atoms with Gasteiger partial charge in [0.05, 0.1) is 0 Å². The van der Waals surface area contributed by atoms with Crippen LogP contribution in [0.2, 0.25) is 0 Å². The van der Waals surface area contributed by atoms with Gasteiger partial charge in [0.1, 0.15) is 5.75 Å². The summed E-state index contributed by atoms with van der Waals surface area (Å²) < 4.78 is 6.09. The van der Waals surface area contributed by atoms with Crippen molar-refractivity contribution in [1.82, 2.24) is 0 Å². The Morgan fingerprint density at radius 1 is 1.12 bits per heavy atom. The van der Waals surface area contributed by atoms with Gasteiger partial charge in [-0.1, -0.05) is 44.2 Å². The lowest BCUT2D eigenvalue weighted by atomic mass is 10.0. The maximum absolute atomic E-state index is 12.9. The van der Waals surface area contributed by atoms with Gasteiger partial charge in [0, 0.05) is 12.2 Å². The molecule has 3 nitrogen and oxygen atoms in total. The van der Waals surface area contributed by atoms with Crippen LogP contribution in [-0.2, 0) is 11.2 Å². The fourth-order valence-corrected chi connectivity index (χ4v) is 3.25. The number of nitrogens with zero attached hydrogens (tertiary/aromatic N) is 1. The predicted molar refractivity (Wildman–Crippen MR) is 97.9 cm³/mol. The number of amides is 1. The van der Waals surface area contributed by atoms with Gasteiger partial charge in [0.2, 0.25) is 0 Å². The Kier molecular flexibility index (Phi) is 4.61. The van der Waals surface area contributed by atoms with Crippen molar-refractivity contribution < 1.29 is 9.53 Å². The highest BCUT2D eigenvalue weighted by atomic mass is 16.5. The van der Waals surface area contributed by atoms with E-state index in [1.54, 1.807) is 0 Å². The highest BCUT2D eigenvalue weighted by molar-refractivity contribution is 5.98. The van der Waals surface area contributed by atoms with Crippen LogP contribution in [0.15, 0.2) is 42.5 Å². The minimum atomic E-state index is -0.504. The first kappa shape index (κ1) is 16.6. The van der Waals surface area contributed by atoms with Crippen molar-refractivity contribution in [2.75, 3.05) is 11.4 Å². The second kappa shape index (κ2) is 6.68. The molecule has 0 unspecified atom stereocenters. The van der Waals surface area contributed by atoms with E-state index in [-0.39, 0.29) is 5.91 Å². The molecule has 2 aromatic rings. The SMILES string of the molecule is Cc1ccc(C(C)C)c(O[C@@H](C)C(=O)N2CCc3ccccc32)c1. The normalized spacial score (nSPS) is 14.6. The summed E-state index contributed by atoms with van der Waals surface area (Å²) >= 11 is 0. The Hall–Kier alpha value is -2.29. The third kappa shape index (κ3) is 3.16. The first-order valence-electron chi connectivity index (χ1n) is 8.64. The minimum absolute atomic E-state index is 0.0242. The van der Waals surface area contributed by atoms with Gasteiger partial charge in [-0.2, -0.15) is 0 Å². The molecule has 0 bridgehead atoms. The van der Waals surface area contributed by atoms with Crippen molar-refractivity contribution >= 4 is 11.6 Å². The number of carbonyl (C=O) groups is 1. The third-order valence-corrected chi connectivity index (χ3v) is 4.60. The van der Waals surface area contributed by atoms with E-state index in [1.165, 1.54) is 5.56 Å². The fourth-order valence-electron chi connectivity index (χ4n) is 3.25. The summed E-state index contributed by atoms with van der Waals surface area (Å²) in [6.45, 7) is 8.90. The predicted octanol–water partition coefficient (Wildman–Crippen LogP) is 4.48. The summed E-state index contributed by atoms with van der Waals surface area (Å²) in [5.74, 6) is 1.20. The molecule has 2 aromatic carbocycles. The van der Waals surface area contributed by atoms with Crippen LogP contribution < -0.4 is 9.64 Å². The highest BCUT2D eigenvalue weighted by Gasteiger charge is 2.29. The fraction of sp³-hybridized carbons (Fsp3) is 0.381. The molecule has 3 heteroatoms. The Morgan fingerprint density at radius 2 is 1.88 bits per heavy atom. The van der Waals surface area contributed by atoms with Crippen molar-refractivity contribution in [3.05, 3.63) is 59.2 Å². The monoisotopic (exact) mass is 323 g/mol. The average Bonchev–Trinajstić information content (AvgIpc) is 2.97. The van der Waals surface area contributed by atoms with Gasteiger partial charge in [-0.25, -0.2) is 0 Å². The molecule has 0 aliphatic carbocycles. The Morgan fingerprint density at radius 3 is 2.62 bits per heavy atom. The number of ether oxygens (including phenoxy) is 1. The molecule has 1 atom stereocenters. The van der Waals surface area contributed by atoms with Crippen molar-refractivity contribution in [2.45, 2.75) is 46.1 Å². The van der Waals surface area contributed by atoms with Crippen LogP contribution in [-0.4, -0.2) is 18.6 Å². The molecule has 0 radical (unpaired) electrons. The maximum Gasteiger partial charge on any atom is 0.267 e. The summed E-state index contributed by atoms with van der Waals surface area (Å²) in [5.41, 5.74) is 4.53. The van der Waals surface area contributed by atoms with Crippen LogP contribution in [0.4, 0.5) is 5.69 Å². The highest BCUT2D eigenvalue weighted by Crippen LogP contribution is 2.31. The van der Waals surface area contributed by atoms with E-state index >= 15 is 0 Å². The van der Waals surface area contributed by atoms with E-state index in [2.05, 4.69) is 32.0 Å². The number of para-hydroxylation sites is 1. The lowest BCUT2D eigenvalue weighted by Crippen LogP contribution is -2.39. The zero-order valence-corrected chi connectivity index (χ0v) is 14.9. The van der Waals surface area contributed by atoms with E-state index in [1.807, 2.05) is 43.0 Å². The van der Waals surface area contributed by atoms with Crippen LogP contribution in [0.1, 0.15) is 43.4 Å². The number of fused-ring (bicyclic) bond motifs is 1. The van der Waals surface area contributed by atoms with Crippen LogP contribution in [0.25, 0.3) is 0 Å².